The Morgan fingerprint density at radius 2 is 2.03 bits per heavy atom. The molecule has 1 saturated heterocycles. The van der Waals surface area contributed by atoms with Gasteiger partial charge in [-0.25, -0.2) is 4.68 Å². The van der Waals surface area contributed by atoms with Gasteiger partial charge in [0.1, 0.15) is 17.1 Å². The van der Waals surface area contributed by atoms with Crippen LogP contribution >= 0.6 is 0 Å². The number of nitrogens with two attached hydrogens (primary N) is 2. The quantitative estimate of drug-likeness (QED) is 0.693. The van der Waals surface area contributed by atoms with Gasteiger partial charge < -0.3 is 21.1 Å². The van der Waals surface area contributed by atoms with Crippen LogP contribution in [0.25, 0.3) is 11.3 Å². The van der Waals surface area contributed by atoms with E-state index in [1.807, 2.05) is 29.2 Å². The van der Waals surface area contributed by atoms with E-state index in [0.29, 0.717) is 18.1 Å². The van der Waals surface area contributed by atoms with E-state index in [4.69, 9.17) is 21.3 Å². The number of nitrogen functional groups attached to an aromatic ring is 1. The van der Waals surface area contributed by atoms with Crippen LogP contribution in [0.15, 0.2) is 36.9 Å². The number of benzene rings is 1. The molecule has 8 nitrogen and oxygen atoms in total. The molecule has 1 aromatic carbocycles. The molecule has 0 radical (unpaired) electrons. The SMILES string of the molecule is C=CC(=O)N1CCCC2(CC(n3nc(-c4ccc(COC)cc4)c(C(N)=O)c3N)C2)C1. The minimum absolute atomic E-state index is 0.0173. The molecule has 1 aliphatic heterocycles. The summed E-state index contributed by atoms with van der Waals surface area (Å²) >= 11 is 0. The number of primary amides is 1. The lowest BCUT2D eigenvalue weighted by Crippen LogP contribution is -2.52. The highest BCUT2D eigenvalue weighted by Crippen LogP contribution is 2.54. The number of rotatable bonds is 6. The number of hydrogen-bond acceptors (Lipinski definition) is 5. The second kappa shape index (κ2) is 8.19. The molecule has 1 saturated carbocycles. The summed E-state index contributed by atoms with van der Waals surface area (Å²) in [5.74, 6) is -0.302. The number of aromatic nitrogens is 2. The highest BCUT2D eigenvalue weighted by molar-refractivity contribution is 6.03. The number of methoxy groups -OCH3 is 1. The van der Waals surface area contributed by atoms with E-state index in [0.717, 1.165) is 49.9 Å². The van der Waals surface area contributed by atoms with Gasteiger partial charge in [0.05, 0.1) is 12.6 Å². The monoisotopic (exact) mass is 423 g/mol. The Labute approximate surface area is 181 Å². The zero-order valence-corrected chi connectivity index (χ0v) is 17.8. The number of anilines is 1. The van der Waals surface area contributed by atoms with Gasteiger partial charge >= 0.3 is 0 Å². The van der Waals surface area contributed by atoms with Crippen molar-refractivity contribution in [3.8, 4) is 11.3 Å². The molecule has 2 heterocycles. The van der Waals surface area contributed by atoms with Crippen molar-refractivity contribution in [1.82, 2.24) is 14.7 Å². The van der Waals surface area contributed by atoms with Gasteiger partial charge in [-0.3, -0.25) is 9.59 Å². The van der Waals surface area contributed by atoms with E-state index < -0.39 is 5.91 Å². The maximum atomic E-state index is 12.2. The average molecular weight is 424 g/mol. The third kappa shape index (κ3) is 3.83. The molecule has 1 aromatic heterocycles. The molecule has 2 aromatic rings. The van der Waals surface area contributed by atoms with E-state index in [2.05, 4.69) is 6.58 Å². The fourth-order valence-electron chi connectivity index (χ4n) is 5.07. The Morgan fingerprint density at radius 3 is 2.65 bits per heavy atom. The number of carbonyl (C=O) groups is 2. The molecule has 164 valence electrons. The average Bonchev–Trinajstić information content (AvgIpc) is 3.09. The lowest BCUT2D eigenvalue weighted by Gasteiger charge is -2.52. The molecule has 2 fully saturated rings. The number of carbonyl (C=O) groups excluding carboxylic acids is 2. The molecule has 4 N–H and O–H groups in total. The molecular formula is C23H29N5O3. The van der Waals surface area contributed by atoms with Crippen molar-refractivity contribution in [3.05, 3.63) is 48.0 Å². The summed E-state index contributed by atoms with van der Waals surface area (Å²) in [6.07, 6.45) is 5.16. The zero-order chi connectivity index (χ0) is 22.2. The van der Waals surface area contributed by atoms with Crippen molar-refractivity contribution >= 4 is 17.6 Å². The lowest BCUT2D eigenvalue weighted by molar-refractivity contribution is -0.132. The summed E-state index contributed by atoms with van der Waals surface area (Å²) in [5.41, 5.74) is 14.7. The van der Waals surface area contributed by atoms with Gasteiger partial charge in [0.15, 0.2) is 0 Å². The Bertz CT molecular complexity index is 1000. The fraction of sp³-hybridized carbons (Fsp3) is 0.435. The molecule has 8 heteroatoms. The minimum atomic E-state index is -0.589. The summed E-state index contributed by atoms with van der Waals surface area (Å²) in [5, 5.41) is 4.71. The summed E-state index contributed by atoms with van der Waals surface area (Å²) < 4.78 is 6.90. The van der Waals surface area contributed by atoms with Crippen LogP contribution in [0, 0.1) is 5.41 Å². The summed E-state index contributed by atoms with van der Waals surface area (Å²) in [4.78, 5) is 26.1. The third-order valence-corrected chi connectivity index (χ3v) is 6.56. The van der Waals surface area contributed by atoms with Crippen molar-refractivity contribution < 1.29 is 14.3 Å². The van der Waals surface area contributed by atoms with Crippen molar-refractivity contribution in [2.75, 3.05) is 25.9 Å². The van der Waals surface area contributed by atoms with E-state index in [1.54, 1.807) is 11.8 Å². The number of ether oxygens (including phenoxy) is 1. The number of likely N-dealkylation sites (tertiary alicyclic amines) is 1. The highest BCUT2D eigenvalue weighted by Gasteiger charge is 2.49. The second-order valence-corrected chi connectivity index (χ2v) is 8.68. The number of hydrogen-bond donors (Lipinski definition) is 2. The molecule has 1 aliphatic carbocycles. The largest absolute Gasteiger partial charge is 0.383 e. The smallest absolute Gasteiger partial charge is 0.254 e. The lowest BCUT2D eigenvalue weighted by atomic mass is 9.61. The molecule has 1 spiro atoms. The van der Waals surface area contributed by atoms with Gasteiger partial charge in [0.2, 0.25) is 5.91 Å². The van der Waals surface area contributed by atoms with Gasteiger partial charge in [-0.2, -0.15) is 5.10 Å². The molecule has 0 atom stereocenters. The summed E-state index contributed by atoms with van der Waals surface area (Å²) in [6, 6.07) is 7.75. The van der Waals surface area contributed by atoms with Crippen molar-refractivity contribution in [2.24, 2.45) is 11.1 Å². The molecular weight excluding hydrogens is 394 g/mol. The van der Waals surface area contributed by atoms with Crippen LogP contribution in [0.3, 0.4) is 0 Å². The van der Waals surface area contributed by atoms with E-state index in [1.165, 1.54) is 6.08 Å². The van der Waals surface area contributed by atoms with Crippen LogP contribution in [0.4, 0.5) is 5.82 Å². The van der Waals surface area contributed by atoms with Crippen LogP contribution in [0.2, 0.25) is 0 Å². The van der Waals surface area contributed by atoms with Crippen LogP contribution in [0.1, 0.15) is 47.6 Å². The van der Waals surface area contributed by atoms with Gasteiger partial charge in [-0.1, -0.05) is 30.8 Å². The van der Waals surface area contributed by atoms with Gasteiger partial charge in [-0.05, 0) is 42.7 Å². The van der Waals surface area contributed by atoms with Gasteiger partial charge in [0, 0.05) is 25.8 Å². The Hall–Kier alpha value is -3.13. The zero-order valence-electron chi connectivity index (χ0n) is 17.8. The van der Waals surface area contributed by atoms with Crippen molar-refractivity contribution in [2.45, 2.75) is 38.3 Å². The van der Waals surface area contributed by atoms with Crippen molar-refractivity contribution in [1.29, 1.82) is 0 Å². The molecule has 31 heavy (non-hydrogen) atoms. The first-order valence-electron chi connectivity index (χ1n) is 10.5. The standard InChI is InChI=1S/C23H29N5O3/c1-3-18(29)27-10-4-9-23(14-27)11-17(12-23)28-21(24)19(22(25)30)20(26-28)16-7-5-15(6-8-16)13-31-2/h3,5-8,17H,1,4,9-14,24H2,2H3,(H2,25,30). The number of nitrogens with zero attached hydrogens (tertiary/aromatic N) is 3. The van der Waals surface area contributed by atoms with E-state index in [-0.39, 0.29) is 22.9 Å². The van der Waals surface area contributed by atoms with Crippen molar-refractivity contribution in [3.63, 3.8) is 0 Å². The first-order chi connectivity index (χ1) is 14.9. The Morgan fingerprint density at radius 1 is 1.32 bits per heavy atom. The van der Waals surface area contributed by atoms with E-state index in [9.17, 15) is 9.59 Å². The Balaban J connectivity index is 1.58. The topological polar surface area (TPSA) is 116 Å². The molecule has 2 aliphatic rings. The second-order valence-electron chi connectivity index (χ2n) is 8.68. The highest BCUT2D eigenvalue weighted by atomic mass is 16.5. The summed E-state index contributed by atoms with van der Waals surface area (Å²) in [6.45, 7) is 5.61. The summed E-state index contributed by atoms with van der Waals surface area (Å²) in [7, 11) is 1.64. The first-order valence-corrected chi connectivity index (χ1v) is 10.5. The normalized spacial score (nSPS) is 22.9. The Kier molecular flexibility index (Phi) is 5.58. The van der Waals surface area contributed by atoms with Gasteiger partial charge in [-0.15, -0.1) is 0 Å². The predicted molar refractivity (Wildman–Crippen MR) is 118 cm³/mol. The van der Waals surface area contributed by atoms with E-state index >= 15 is 0 Å². The van der Waals surface area contributed by atoms with Crippen LogP contribution in [-0.2, 0) is 16.1 Å². The first kappa shape index (κ1) is 21.1. The molecule has 2 amide bonds. The predicted octanol–water partition coefficient (Wildman–Crippen LogP) is 2.51. The minimum Gasteiger partial charge on any atom is -0.383 e. The van der Waals surface area contributed by atoms with Crippen LogP contribution in [0.5, 0.6) is 0 Å². The molecule has 4 rings (SSSR count). The molecule has 0 unspecified atom stereocenters. The fourth-order valence-corrected chi connectivity index (χ4v) is 5.07. The van der Waals surface area contributed by atoms with Gasteiger partial charge in [0.25, 0.3) is 5.91 Å². The maximum Gasteiger partial charge on any atom is 0.254 e. The maximum absolute atomic E-state index is 12.2. The number of amides is 2. The molecule has 0 bridgehead atoms. The number of piperidine rings is 1. The van der Waals surface area contributed by atoms with Crippen LogP contribution < -0.4 is 11.5 Å². The van der Waals surface area contributed by atoms with Crippen LogP contribution in [-0.4, -0.2) is 46.7 Å². The third-order valence-electron chi connectivity index (χ3n) is 6.56.